The minimum Gasteiger partial charge on any atom is -0.343 e. The molecule has 0 N–H and O–H groups in total. The zero-order chi connectivity index (χ0) is 13.2. The van der Waals surface area contributed by atoms with Crippen molar-refractivity contribution in [2.24, 2.45) is 0 Å². The molecule has 3 heterocycles. The number of amides is 1. The van der Waals surface area contributed by atoms with E-state index in [1.165, 1.54) is 0 Å². The Bertz CT molecular complexity index is 584. The SMILES string of the molecule is CCC(=O)N1CCC(c2nnc3ccccn23)CC1. The fraction of sp³-hybridized carbons (Fsp3) is 0.500. The summed E-state index contributed by atoms with van der Waals surface area (Å²) in [4.78, 5) is 13.6. The Labute approximate surface area is 112 Å². The van der Waals surface area contributed by atoms with E-state index in [1.54, 1.807) is 0 Å². The molecule has 0 aromatic carbocycles. The van der Waals surface area contributed by atoms with Gasteiger partial charge in [-0.15, -0.1) is 10.2 Å². The van der Waals surface area contributed by atoms with Crippen LogP contribution in [0.25, 0.3) is 5.65 Å². The summed E-state index contributed by atoms with van der Waals surface area (Å²) in [6, 6.07) is 5.93. The zero-order valence-corrected chi connectivity index (χ0v) is 11.1. The summed E-state index contributed by atoms with van der Waals surface area (Å²) in [6.07, 6.45) is 4.55. The first-order valence-electron chi connectivity index (χ1n) is 6.87. The fourth-order valence-corrected chi connectivity index (χ4v) is 2.75. The van der Waals surface area contributed by atoms with Crippen LogP contribution in [0.15, 0.2) is 24.4 Å². The third kappa shape index (κ3) is 2.20. The lowest BCUT2D eigenvalue weighted by atomic mass is 9.96. The minimum absolute atomic E-state index is 0.254. The third-order valence-corrected chi connectivity index (χ3v) is 3.86. The highest BCUT2D eigenvalue weighted by atomic mass is 16.2. The summed E-state index contributed by atoms with van der Waals surface area (Å²) in [5.41, 5.74) is 0.893. The maximum Gasteiger partial charge on any atom is 0.222 e. The number of carbonyl (C=O) groups is 1. The predicted octanol–water partition coefficient (Wildman–Crippen LogP) is 1.85. The van der Waals surface area contributed by atoms with Crippen molar-refractivity contribution >= 4 is 11.6 Å². The molecule has 0 radical (unpaired) electrons. The molecule has 19 heavy (non-hydrogen) atoms. The molecular weight excluding hydrogens is 240 g/mol. The van der Waals surface area contributed by atoms with Gasteiger partial charge < -0.3 is 4.90 Å². The highest BCUT2D eigenvalue weighted by molar-refractivity contribution is 5.75. The molecular formula is C14H18N4O. The van der Waals surface area contributed by atoms with E-state index in [-0.39, 0.29) is 5.91 Å². The molecule has 0 aliphatic carbocycles. The van der Waals surface area contributed by atoms with Crippen molar-refractivity contribution < 1.29 is 4.79 Å². The maximum atomic E-state index is 11.7. The lowest BCUT2D eigenvalue weighted by Gasteiger charge is -2.31. The smallest absolute Gasteiger partial charge is 0.222 e. The van der Waals surface area contributed by atoms with Crippen LogP contribution < -0.4 is 0 Å². The summed E-state index contributed by atoms with van der Waals surface area (Å²) in [5.74, 6) is 1.68. The topological polar surface area (TPSA) is 50.5 Å². The highest BCUT2D eigenvalue weighted by Gasteiger charge is 2.25. The van der Waals surface area contributed by atoms with E-state index in [4.69, 9.17) is 0 Å². The van der Waals surface area contributed by atoms with Gasteiger partial charge in [-0.3, -0.25) is 9.20 Å². The molecule has 1 fully saturated rings. The predicted molar refractivity (Wildman–Crippen MR) is 71.8 cm³/mol. The number of hydrogen-bond acceptors (Lipinski definition) is 3. The molecule has 1 aliphatic heterocycles. The van der Waals surface area contributed by atoms with Gasteiger partial charge in [0.15, 0.2) is 5.65 Å². The summed E-state index contributed by atoms with van der Waals surface area (Å²) >= 11 is 0. The standard InChI is InChI=1S/C14H18N4O/c1-2-13(19)17-9-6-11(7-10-17)14-16-15-12-5-3-4-8-18(12)14/h3-5,8,11H,2,6-7,9-10H2,1H3. The Morgan fingerprint density at radius 1 is 1.32 bits per heavy atom. The van der Waals surface area contributed by atoms with Gasteiger partial charge in [0.2, 0.25) is 5.91 Å². The molecule has 0 atom stereocenters. The number of fused-ring (bicyclic) bond motifs is 1. The number of rotatable bonds is 2. The first-order chi connectivity index (χ1) is 9.29. The van der Waals surface area contributed by atoms with Gasteiger partial charge >= 0.3 is 0 Å². The molecule has 1 saturated heterocycles. The van der Waals surface area contributed by atoms with Crippen LogP contribution in [-0.4, -0.2) is 38.5 Å². The molecule has 1 amide bonds. The van der Waals surface area contributed by atoms with Crippen molar-refractivity contribution in [3.8, 4) is 0 Å². The van der Waals surface area contributed by atoms with Gasteiger partial charge in [0, 0.05) is 31.6 Å². The Morgan fingerprint density at radius 3 is 2.84 bits per heavy atom. The number of piperidine rings is 1. The van der Waals surface area contributed by atoms with Crippen molar-refractivity contribution in [1.29, 1.82) is 0 Å². The highest BCUT2D eigenvalue weighted by Crippen LogP contribution is 2.27. The van der Waals surface area contributed by atoms with Gasteiger partial charge in [-0.25, -0.2) is 0 Å². The van der Waals surface area contributed by atoms with E-state index in [2.05, 4.69) is 14.6 Å². The summed E-state index contributed by atoms with van der Waals surface area (Å²) in [7, 11) is 0. The van der Waals surface area contributed by atoms with E-state index in [1.807, 2.05) is 36.2 Å². The van der Waals surface area contributed by atoms with E-state index < -0.39 is 0 Å². The second-order valence-corrected chi connectivity index (χ2v) is 5.00. The van der Waals surface area contributed by atoms with E-state index >= 15 is 0 Å². The summed E-state index contributed by atoms with van der Waals surface area (Å²) < 4.78 is 2.06. The van der Waals surface area contributed by atoms with Gasteiger partial charge in [-0.05, 0) is 25.0 Å². The molecule has 3 rings (SSSR count). The van der Waals surface area contributed by atoms with Gasteiger partial charge in [0.05, 0.1) is 0 Å². The zero-order valence-electron chi connectivity index (χ0n) is 11.1. The largest absolute Gasteiger partial charge is 0.343 e. The van der Waals surface area contributed by atoms with Gasteiger partial charge in [0.1, 0.15) is 5.82 Å². The van der Waals surface area contributed by atoms with Crippen LogP contribution in [0.4, 0.5) is 0 Å². The molecule has 2 aromatic heterocycles. The second-order valence-electron chi connectivity index (χ2n) is 5.00. The van der Waals surface area contributed by atoms with Crippen LogP contribution in [0.5, 0.6) is 0 Å². The monoisotopic (exact) mass is 258 g/mol. The van der Waals surface area contributed by atoms with Crippen LogP contribution in [0.2, 0.25) is 0 Å². The van der Waals surface area contributed by atoms with Crippen molar-refractivity contribution in [1.82, 2.24) is 19.5 Å². The van der Waals surface area contributed by atoms with Gasteiger partial charge in [0.25, 0.3) is 0 Å². The number of aromatic nitrogens is 3. The maximum absolute atomic E-state index is 11.7. The lowest BCUT2D eigenvalue weighted by molar-refractivity contribution is -0.131. The molecule has 100 valence electrons. The summed E-state index contributed by atoms with van der Waals surface area (Å²) in [6.45, 7) is 3.58. The van der Waals surface area contributed by atoms with Crippen LogP contribution in [-0.2, 0) is 4.79 Å². The quantitative estimate of drug-likeness (QED) is 0.826. The molecule has 0 saturated carbocycles. The third-order valence-electron chi connectivity index (χ3n) is 3.86. The van der Waals surface area contributed by atoms with Gasteiger partial charge in [-0.1, -0.05) is 13.0 Å². The van der Waals surface area contributed by atoms with Crippen molar-refractivity contribution in [3.63, 3.8) is 0 Å². The number of nitrogens with zero attached hydrogens (tertiary/aromatic N) is 4. The van der Waals surface area contributed by atoms with E-state index in [0.29, 0.717) is 12.3 Å². The van der Waals surface area contributed by atoms with Crippen LogP contribution in [0, 0.1) is 0 Å². The Morgan fingerprint density at radius 2 is 2.11 bits per heavy atom. The average molecular weight is 258 g/mol. The van der Waals surface area contributed by atoms with E-state index in [9.17, 15) is 4.79 Å². The second kappa shape index (κ2) is 4.99. The van der Waals surface area contributed by atoms with E-state index in [0.717, 1.165) is 37.4 Å². The number of hydrogen-bond donors (Lipinski definition) is 0. The molecule has 5 nitrogen and oxygen atoms in total. The summed E-state index contributed by atoms with van der Waals surface area (Å²) in [5, 5.41) is 8.52. The number of likely N-dealkylation sites (tertiary alicyclic amines) is 1. The number of pyridine rings is 1. The normalized spacial score (nSPS) is 17.0. The van der Waals surface area contributed by atoms with Crippen LogP contribution in [0.1, 0.15) is 37.9 Å². The minimum atomic E-state index is 0.254. The van der Waals surface area contributed by atoms with Crippen molar-refractivity contribution in [3.05, 3.63) is 30.2 Å². The van der Waals surface area contributed by atoms with Crippen LogP contribution in [0.3, 0.4) is 0 Å². The van der Waals surface area contributed by atoms with Gasteiger partial charge in [-0.2, -0.15) is 0 Å². The molecule has 5 heteroatoms. The number of carbonyl (C=O) groups excluding carboxylic acids is 1. The Hall–Kier alpha value is -1.91. The molecule has 2 aromatic rings. The Kier molecular flexibility index (Phi) is 3.19. The first kappa shape index (κ1) is 12.1. The fourth-order valence-electron chi connectivity index (χ4n) is 2.75. The molecule has 0 bridgehead atoms. The van der Waals surface area contributed by atoms with Crippen molar-refractivity contribution in [2.45, 2.75) is 32.1 Å². The molecule has 0 unspecified atom stereocenters. The average Bonchev–Trinajstić information content (AvgIpc) is 2.90. The molecule has 1 aliphatic rings. The van der Waals surface area contributed by atoms with Crippen LogP contribution >= 0.6 is 0 Å². The lowest BCUT2D eigenvalue weighted by Crippen LogP contribution is -2.37. The Balaban J connectivity index is 1.77. The first-order valence-corrected chi connectivity index (χ1v) is 6.87. The molecule has 0 spiro atoms. The van der Waals surface area contributed by atoms with Crippen molar-refractivity contribution in [2.75, 3.05) is 13.1 Å².